The molecule has 0 saturated heterocycles. The lowest BCUT2D eigenvalue weighted by molar-refractivity contribution is 0.0872. The first kappa shape index (κ1) is 13.1. The van der Waals surface area contributed by atoms with Gasteiger partial charge >= 0.3 is 0 Å². The van der Waals surface area contributed by atoms with Crippen LogP contribution in [0.4, 0.5) is 0 Å². The van der Waals surface area contributed by atoms with E-state index >= 15 is 0 Å². The first-order valence-corrected chi connectivity index (χ1v) is 5.90. The standard InChI is InChI=1S/C10H17N3O2S/c1-6(2)7-8(16-13-12-7)9(15)11-10(3,4)5-14/h6,14H,5H2,1-4H3,(H,11,15). The van der Waals surface area contributed by atoms with Crippen LogP contribution in [0.3, 0.4) is 0 Å². The first-order chi connectivity index (χ1) is 7.37. The number of nitrogens with zero attached hydrogens (tertiary/aromatic N) is 2. The molecule has 1 heterocycles. The van der Waals surface area contributed by atoms with Gasteiger partial charge in [0.2, 0.25) is 0 Å². The fourth-order valence-electron chi connectivity index (χ4n) is 1.14. The predicted molar refractivity (Wildman–Crippen MR) is 62.6 cm³/mol. The molecule has 2 N–H and O–H groups in total. The van der Waals surface area contributed by atoms with Crippen LogP contribution in [0, 0.1) is 0 Å². The molecule has 0 unspecified atom stereocenters. The predicted octanol–water partition coefficient (Wildman–Crippen LogP) is 1.16. The summed E-state index contributed by atoms with van der Waals surface area (Å²) >= 11 is 1.08. The van der Waals surface area contributed by atoms with Gasteiger partial charge in [-0.15, -0.1) is 5.10 Å². The van der Waals surface area contributed by atoms with Crippen LogP contribution >= 0.6 is 11.5 Å². The van der Waals surface area contributed by atoms with Gasteiger partial charge in [-0.1, -0.05) is 18.3 Å². The molecule has 6 heteroatoms. The van der Waals surface area contributed by atoms with Gasteiger partial charge in [0.15, 0.2) is 0 Å². The Morgan fingerprint density at radius 2 is 2.19 bits per heavy atom. The van der Waals surface area contributed by atoms with Crippen molar-refractivity contribution in [1.82, 2.24) is 14.9 Å². The third-order valence-electron chi connectivity index (χ3n) is 2.11. The molecule has 1 amide bonds. The number of aromatic nitrogens is 2. The van der Waals surface area contributed by atoms with Crippen molar-refractivity contribution < 1.29 is 9.90 Å². The van der Waals surface area contributed by atoms with Crippen LogP contribution in [0.15, 0.2) is 0 Å². The average molecular weight is 243 g/mol. The quantitative estimate of drug-likeness (QED) is 0.832. The third kappa shape index (κ3) is 2.99. The zero-order chi connectivity index (χ0) is 12.3. The van der Waals surface area contributed by atoms with E-state index in [0.29, 0.717) is 10.6 Å². The molecule has 0 saturated carbocycles. The smallest absolute Gasteiger partial charge is 0.265 e. The van der Waals surface area contributed by atoms with E-state index in [4.69, 9.17) is 5.11 Å². The van der Waals surface area contributed by atoms with Crippen molar-refractivity contribution in [3.05, 3.63) is 10.6 Å². The Balaban J connectivity index is 2.85. The van der Waals surface area contributed by atoms with Gasteiger partial charge in [-0.2, -0.15) is 0 Å². The molecule has 0 aromatic carbocycles. The number of aliphatic hydroxyl groups excluding tert-OH is 1. The Morgan fingerprint density at radius 1 is 1.56 bits per heavy atom. The van der Waals surface area contributed by atoms with Crippen molar-refractivity contribution in [2.45, 2.75) is 39.2 Å². The number of aliphatic hydroxyl groups is 1. The Labute approximate surface area is 99.0 Å². The summed E-state index contributed by atoms with van der Waals surface area (Å²) in [6.45, 7) is 7.33. The van der Waals surface area contributed by atoms with Crippen molar-refractivity contribution in [2.24, 2.45) is 0 Å². The van der Waals surface area contributed by atoms with Crippen LogP contribution in [-0.4, -0.2) is 32.7 Å². The van der Waals surface area contributed by atoms with E-state index in [1.807, 2.05) is 13.8 Å². The topological polar surface area (TPSA) is 75.1 Å². The fraction of sp³-hybridized carbons (Fsp3) is 0.700. The molecule has 0 spiro atoms. The number of nitrogens with one attached hydrogen (secondary N) is 1. The highest BCUT2D eigenvalue weighted by molar-refractivity contribution is 7.08. The van der Waals surface area contributed by atoms with Crippen molar-refractivity contribution in [3.63, 3.8) is 0 Å². The van der Waals surface area contributed by atoms with Crippen LogP contribution in [-0.2, 0) is 0 Å². The Hall–Kier alpha value is -1.01. The zero-order valence-electron chi connectivity index (χ0n) is 9.94. The minimum absolute atomic E-state index is 0.109. The van der Waals surface area contributed by atoms with Gasteiger partial charge in [-0.05, 0) is 31.3 Å². The van der Waals surface area contributed by atoms with Crippen LogP contribution in [0.25, 0.3) is 0 Å². The second-order valence-corrected chi connectivity index (χ2v) is 5.39. The monoisotopic (exact) mass is 243 g/mol. The van der Waals surface area contributed by atoms with Gasteiger partial charge in [-0.3, -0.25) is 4.79 Å². The normalized spacial score (nSPS) is 11.9. The van der Waals surface area contributed by atoms with Gasteiger partial charge in [0.1, 0.15) is 4.88 Å². The molecule has 0 aliphatic carbocycles. The maximum atomic E-state index is 11.9. The number of amides is 1. The van der Waals surface area contributed by atoms with Crippen LogP contribution < -0.4 is 5.32 Å². The second-order valence-electron chi connectivity index (χ2n) is 4.64. The molecular formula is C10H17N3O2S. The Bertz CT molecular complexity index is 374. The third-order valence-corrected chi connectivity index (χ3v) is 2.85. The van der Waals surface area contributed by atoms with Crippen molar-refractivity contribution >= 4 is 17.4 Å². The lowest BCUT2D eigenvalue weighted by Gasteiger charge is -2.23. The van der Waals surface area contributed by atoms with Crippen LogP contribution in [0.5, 0.6) is 0 Å². The van der Waals surface area contributed by atoms with Crippen LogP contribution in [0.2, 0.25) is 0 Å². The Kier molecular flexibility index (Phi) is 3.98. The van der Waals surface area contributed by atoms with Crippen molar-refractivity contribution in [3.8, 4) is 0 Å². The molecule has 90 valence electrons. The van der Waals surface area contributed by atoms with Gasteiger partial charge in [0, 0.05) is 0 Å². The molecule has 0 bridgehead atoms. The molecule has 0 fully saturated rings. The van der Waals surface area contributed by atoms with E-state index in [9.17, 15) is 4.79 Å². The fourth-order valence-corrected chi connectivity index (χ4v) is 1.85. The second kappa shape index (κ2) is 4.88. The maximum absolute atomic E-state index is 11.9. The first-order valence-electron chi connectivity index (χ1n) is 5.13. The summed E-state index contributed by atoms with van der Waals surface area (Å²) in [5, 5.41) is 15.8. The largest absolute Gasteiger partial charge is 0.394 e. The van der Waals surface area contributed by atoms with E-state index in [1.54, 1.807) is 13.8 Å². The summed E-state index contributed by atoms with van der Waals surface area (Å²) in [7, 11) is 0. The van der Waals surface area contributed by atoms with E-state index in [2.05, 4.69) is 14.9 Å². The SMILES string of the molecule is CC(C)c1nnsc1C(=O)NC(C)(C)CO. The highest BCUT2D eigenvalue weighted by Gasteiger charge is 2.24. The van der Waals surface area contributed by atoms with Crippen LogP contribution in [0.1, 0.15) is 49.0 Å². The summed E-state index contributed by atoms with van der Waals surface area (Å²) in [6, 6.07) is 0. The minimum Gasteiger partial charge on any atom is -0.394 e. The van der Waals surface area contributed by atoms with E-state index in [1.165, 1.54) is 0 Å². The summed E-state index contributed by atoms with van der Waals surface area (Å²) < 4.78 is 3.79. The molecule has 0 atom stereocenters. The molecule has 16 heavy (non-hydrogen) atoms. The lowest BCUT2D eigenvalue weighted by Crippen LogP contribution is -2.46. The summed E-state index contributed by atoms with van der Waals surface area (Å²) in [6.07, 6.45) is 0. The molecule has 1 aromatic rings. The maximum Gasteiger partial charge on any atom is 0.265 e. The summed E-state index contributed by atoms with van der Waals surface area (Å²) in [5.41, 5.74) is 0.0752. The van der Waals surface area contributed by atoms with E-state index in [-0.39, 0.29) is 18.4 Å². The Morgan fingerprint density at radius 3 is 2.69 bits per heavy atom. The number of carbonyl (C=O) groups is 1. The lowest BCUT2D eigenvalue weighted by atomic mass is 10.1. The summed E-state index contributed by atoms with van der Waals surface area (Å²) in [4.78, 5) is 12.4. The number of hydrogen-bond acceptors (Lipinski definition) is 5. The molecule has 0 aliphatic heterocycles. The summed E-state index contributed by atoms with van der Waals surface area (Å²) in [5.74, 6) is -0.0607. The molecule has 0 radical (unpaired) electrons. The number of rotatable bonds is 4. The molecular weight excluding hydrogens is 226 g/mol. The highest BCUT2D eigenvalue weighted by Crippen LogP contribution is 2.20. The number of hydrogen-bond donors (Lipinski definition) is 2. The average Bonchev–Trinajstić information content (AvgIpc) is 2.65. The minimum atomic E-state index is -0.630. The van der Waals surface area contributed by atoms with E-state index < -0.39 is 5.54 Å². The molecule has 0 aliphatic rings. The van der Waals surface area contributed by atoms with Crippen molar-refractivity contribution in [1.29, 1.82) is 0 Å². The van der Waals surface area contributed by atoms with E-state index in [0.717, 1.165) is 11.5 Å². The van der Waals surface area contributed by atoms with Gasteiger partial charge in [0.05, 0.1) is 17.8 Å². The van der Waals surface area contributed by atoms with Gasteiger partial charge in [0.25, 0.3) is 5.91 Å². The van der Waals surface area contributed by atoms with Gasteiger partial charge < -0.3 is 10.4 Å². The number of carbonyl (C=O) groups excluding carboxylic acids is 1. The zero-order valence-corrected chi connectivity index (χ0v) is 10.8. The molecule has 5 nitrogen and oxygen atoms in total. The van der Waals surface area contributed by atoms with Crippen molar-refractivity contribution in [2.75, 3.05) is 6.61 Å². The molecule has 1 aromatic heterocycles. The van der Waals surface area contributed by atoms with Gasteiger partial charge in [-0.25, -0.2) is 0 Å². The highest BCUT2D eigenvalue weighted by atomic mass is 32.1. The molecule has 1 rings (SSSR count).